The van der Waals surface area contributed by atoms with Crippen molar-refractivity contribution in [1.29, 1.82) is 0 Å². The molecule has 76 valence electrons. The molecule has 0 amide bonds. The summed E-state index contributed by atoms with van der Waals surface area (Å²) in [5.41, 5.74) is 0.621. The molecule has 2 aromatic heterocycles. The van der Waals surface area contributed by atoms with Crippen molar-refractivity contribution >= 4 is 5.78 Å². The molecule has 2 aromatic rings. The molecule has 0 aliphatic rings. The Morgan fingerprint density at radius 2 is 2.13 bits per heavy atom. The van der Waals surface area contributed by atoms with Gasteiger partial charge in [-0.25, -0.2) is 4.39 Å². The highest BCUT2D eigenvalue weighted by Gasteiger charge is 2.12. The van der Waals surface area contributed by atoms with Gasteiger partial charge in [0, 0.05) is 11.8 Å². The number of carbonyl (C=O) groups excluding carboxylic acids is 1. The minimum atomic E-state index is -0.527. The molecule has 4 heteroatoms. The van der Waals surface area contributed by atoms with Gasteiger partial charge in [0.2, 0.25) is 0 Å². The van der Waals surface area contributed by atoms with Crippen LogP contribution in [-0.4, -0.2) is 10.8 Å². The number of carbonyl (C=O) groups is 1. The van der Waals surface area contributed by atoms with E-state index in [0.29, 0.717) is 11.3 Å². The number of hydrogen-bond donors (Lipinski definition) is 0. The molecule has 0 bridgehead atoms. The van der Waals surface area contributed by atoms with Gasteiger partial charge in [0.25, 0.3) is 0 Å². The van der Waals surface area contributed by atoms with Gasteiger partial charge in [-0.1, -0.05) is 0 Å². The predicted molar refractivity (Wildman–Crippen MR) is 51.1 cm³/mol. The molecule has 15 heavy (non-hydrogen) atoms. The number of ketones is 1. The van der Waals surface area contributed by atoms with Crippen LogP contribution in [0.2, 0.25) is 0 Å². The average molecular weight is 205 g/mol. The first-order valence-electron chi connectivity index (χ1n) is 4.37. The lowest BCUT2D eigenvalue weighted by Gasteiger charge is -1.96. The quantitative estimate of drug-likeness (QED) is 0.707. The molecule has 0 aromatic carbocycles. The maximum atomic E-state index is 12.8. The zero-order valence-electron chi connectivity index (χ0n) is 8.03. The van der Waals surface area contributed by atoms with E-state index < -0.39 is 5.82 Å². The van der Waals surface area contributed by atoms with Crippen molar-refractivity contribution in [3.8, 4) is 0 Å². The van der Waals surface area contributed by atoms with E-state index in [2.05, 4.69) is 4.98 Å². The first kappa shape index (κ1) is 9.58. The van der Waals surface area contributed by atoms with Gasteiger partial charge >= 0.3 is 0 Å². The van der Waals surface area contributed by atoms with E-state index in [0.717, 1.165) is 12.3 Å². The minimum absolute atomic E-state index is 0.218. The van der Waals surface area contributed by atoms with E-state index >= 15 is 0 Å². The van der Waals surface area contributed by atoms with Crippen LogP contribution in [0.4, 0.5) is 4.39 Å². The largest absolute Gasteiger partial charge is 0.469 e. The van der Waals surface area contributed by atoms with Crippen LogP contribution < -0.4 is 0 Å². The van der Waals surface area contributed by atoms with Gasteiger partial charge < -0.3 is 4.42 Å². The molecule has 0 radical (unpaired) electrons. The first-order chi connectivity index (χ1) is 7.16. The highest BCUT2D eigenvalue weighted by Crippen LogP contribution is 2.12. The second-order valence-corrected chi connectivity index (χ2v) is 3.17. The fourth-order valence-corrected chi connectivity index (χ4v) is 1.27. The molecule has 2 rings (SSSR count). The van der Waals surface area contributed by atoms with Crippen molar-refractivity contribution < 1.29 is 13.6 Å². The molecule has 0 saturated heterocycles. The number of nitrogens with zero attached hydrogens (tertiary/aromatic N) is 1. The van der Waals surface area contributed by atoms with Crippen LogP contribution in [0.15, 0.2) is 35.2 Å². The van der Waals surface area contributed by atoms with Crippen LogP contribution in [0, 0.1) is 12.7 Å². The Balaban J connectivity index is 2.36. The summed E-state index contributed by atoms with van der Waals surface area (Å²) >= 11 is 0. The van der Waals surface area contributed by atoms with Crippen molar-refractivity contribution in [2.45, 2.75) is 6.92 Å². The second-order valence-electron chi connectivity index (χ2n) is 3.17. The third-order valence-electron chi connectivity index (χ3n) is 1.96. The van der Waals surface area contributed by atoms with Gasteiger partial charge in [-0.15, -0.1) is 0 Å². The molecular formula is C11H8FNO2. The third-order valence-corrected chi connectivity index (χ3v) is 1.96. The van der Waals surface area contributed by atoms with E-state index in [-0.39, 0.29) is 11.3 Å². The summed E-state index contributed by atoms with van der Waals surface area (Å²) in [5.74, 6) is -0.178. The maximum Gasteiger partial charge on any atom is 0.197 e. The summed E-state index contributed by atoms with van der Waals surface area (Å²) in [6.45, 7) is 1.74. The van der Waals surface area contributed by atoms with Gasteiger partial charge in [0.15, 0.2) is 5.78 Å². The predicted octanol–water partition coefficient (Wildman–Crippen LogP) is 2.35. The van der Waals surface area contributed by atoms with Crippen LogP contribution >= 0.6 is 0 Å². The third kappa shape index (κ3) is 1.93. The topological polar surface area (TPSA) is 43.1 Å². The summed E-state index contributed by atoms with van der Waals surface area (Å²) in [4.78, 5) is 15.4. The van der Waals surface area contributed by atoms with Crippen LogP contribution in [0.25, 0.3) is 0 Å². The maximum absolute atomic E-state index is 12.8. The molecule has 0 atom stereocenters. The Bertz CT molecular complexity index is 505. The van der Waals surface area contributed by atoms with E-state index in [1.165, 1.54) is 12.5 Å². The Hall–Kier alpha value is -1.97. The molecule has 0 fully saturated rings. The number of furan rings is 1. The Morgan fingerprint density at radius 1 is 1.33 bits per heavy atom. The fourth-order valence-electron chi connectivity index (χ4n) is 1.27. The number of aryl methyl sites for hydroxylation is 1. The van der Waals surface area contributed by atoms with Crippen molar-refractivity contribution in [2.24, 2.45) is 0 Å². The summed E-state index contributed by atoms with van der Waals surface area (Å²) in [6.07, 6.45) is 3.73. The lowest BCUT2D eigenvalue weighted by atomic mass is 10.1. The minimum Gasteiger partial charge on any atom is -0.469 e. The number of rotatable bonds is 2. The van der Waals surface area contributed by atoms with Crippen LogP contribution in [-0.2, 0) is 0 Å². The molecule has 0 spiro atoms. The zero-order valence-corrected chi connectivity index (χ0v) is 8.03. The van der Waals surface area contributed by atoms with Crippen LogP contribution in [0.1, 0.15) is 21.7 Å². The fraction of sp³-hybridized carbons (Fsp3) is 0.0909. The van der Waals surface area contributed by atoms with Gasteiger partial charge in [0.05, 0.1) is 11.8 Å². The van der Waals surface area contributed by atoms with E-state index in [1.54, 1.807) is 13.0 Å². The first-order valence-corrected chi connectivity index (χ1v) is 4.37. The molecule has 0 aliphatic heterocycles. The van der Waals surface area contributed by atoms with Crippen LogP contribution in [0.5, 0.6) is 0 Å². The normalized spacial score (nSPS) is 10.3. The van der Waals surface area contributed by atoms with Gasteiger partial charge in [0.1, 0.15) is 17.8 Å². The lowest BCUT2D eigenvalue weighted by molar-refractivity contribution is 0.103. The van der Waals surface area contributed by atoms with Crippen molar-refractivity contribution in [3.63, 3.8) is 0 Å². The standard InChI is InChI=1S/C11H8FNO2/c1-7-2-9(6-15-7)11(14)8-3-10(12)5-13-4-8/h2-6H,1H3. The highest BCUT2D eigenvalue weighted by molar-refractivity contribution is 6.08. The van der Waals surface area contributed by atoms with Gasteiger partial charge in [-0.05, 0) is 19.1 Å². The molecule has 0 N–H and O–H groups in total. The van der Waals surface area contributed by atoms with Gasteiger partial charge in [-0.2, -0.15) is 0 Å². The second kappa shape index (κ2) is 3.65. The number of pyridine rings is 1. The number of halogens is 1. The average Bonchev–Trinajstić information content (AvgIpc) is 2.64. The van der Waals surface area contributed by atoms with E-state index in [9.17, 15) is 9.18 Å². The zero-order chi connectivity index (χ0) is 10.8. The Kier molecular flexibility index (Phi) is 2.33. The Morgan fingerprint density at radius 3 is 2.73 bits per heavy atom. The van der Waals surface area contributed by atoms with E-state index in [1.807, 2.05) is 0 Å². The van der Waals surface area contributed by atoms with E-state index in [4.69, 9.17) is 4.42 Å². The summed E-state index contributed by atoms with van der Waals surface area (Å²) in [6, 6.07) is 2.75. The molecular weight excluding hydrogens is 197 g/mol. The number of aromatic nitrogens is 1. The lowest BCUT2D eigenvalue weighted by Crippen LogP contribution is -2.00. The molecule has 2 heterocycles. The number of hydrogen-bond acceptors (Lipinski definition) is 3. The summed E-state index contributed by atoms with van der Waals surface area (Å²) in [5, 5.41) is 0. The smallest absolute Gasteiger partial charge is 0.197 e. The molecule has 0 aliphatic carbocycles. The highest BCUT2D eigenvalue weighted by atomic mass is 19.1. The monoisotopic (exact) mass is 205 g/mol. The molecule has 3 nitrogen and oxygen atoms in total. The summed E-state index contributed by atoms with van der Waals surface area (Å²) in [7, 11) is 0. The molecule has 0 unspecified atom stereocenters. The van der Waals surface area contributed by atoms with Crippen molar-refractivity contribution in [3.05, 3.63) is 53.5 Å². The van der Waals surface area contributed by atoms with Crippen molar-refractivity contribution in [1.82, 2.24) is 4.98 Å². The summed E-state index contributed by atoms with van der Waals surface area (Å²) < 4.78 is 17.8. The van der Waals surface area contributed by atoms with Crippen molar-refractivity contribution in [2.75, 3.05) is 0 Å². The SMILES string of the molecule is Cc1cc(C(=O)c2cncc(F)c2)co1. The Labute approximate surface area is 85.6 Å². The van der Waals surface area contributed by atoms with Crippen LogP contribution in [0.3, 0.4) is 0 Å². The van der Waals surface area contributed by atoms with Gasteiger partial charge in [-0.3, -0.25) is 9.78 Å². The molecule has 0 saturated carbocycles.